The van der Waals surface area contributed by atoms with Gasteiger partial charge < -0.3 is 10.1 Å². The van der Waals surface area contributed by atoms with Gasteiger partial charge in [-0.25, -0.2) is 0 Å². The van der Waals surface area contributed by atoms with Crippen LogP contribution >= 0.6 is 12.4 Å². The highest BCUT2D eigenvalue weighted by molar-refractivity contribution is 5.85. The quantitative estimate of drug-likeness (QED) is 0.635. The first-order valence-corrected chi connectivity index (χ1v) is 4.78. The normalized spacial score (nSPS) is 13.6. The van der Waals surface area contributed by atoms with Crippen molar-refractivity contribution in [2.45, 2.75) is 13.0 Å². The zero-order valence-corrected chi connectivity index (χ0v) is 9.67. The van der Waals surface area contributed by atoms with Gasteiger partial charge in [0.15, 0.2) is 5.75 Å². The Morgan fingerprint density at radius 1 is 1.50 bits per heavy atom. The van der Waals surface area contributed by atoms with E-state index in [2.05, 4.69) is 5.32 Å². The minimum Gasteiger partial charge on any atom is -0.490 e. The molecule has 0 amide bonds. The van der Waals surface area contributed by atoms with E-state index in [1.165, 1.54) is 7.11 Å². The summed E-state index contributed by atoms with van der Waals surface area (Å²) < 4.78 is 5.00. The van der Waals surface area contributed by atoms with Crippen molar-refractivity contribution < 1.29 is 9.66 Å². The smallest absolute Gasteiger partial charge is 0.315 e. The molecule has 0 radical (unpaired) electrons. The summed E-state index contributed by atoms with van der Waals surface area (Å²) >= 11 is 0. The molecule has 0 atom stereocenters. The number of hydrogen-bond donors (Lipinski definition) is 1. The molecule has 5 nitrogen and oxygen atoms in total. The molecule has 0 saturated heterocycles. The SMILES string of the molecule is COc1ccc2c(c1[N+](=O)[O-])CNCC2.Cl. The lowest BCUT2D eigenvalue weighted by atomic mass is 9.99. The lowest BCUT2D eigenvalue weighted by Crippen LogP contribution is -2.24. The van der Waals surface area contributed by atoms with Gasteiger partial charge in [0.2, 0.25) is 0 Å². The molecule has 88 valence electrons. The Bertz CT molecular complexity index is 409. The molecule has 1 aromatic rings. The van der Waals surface area contributed by atoms with Crippen LogP contribution in [0.4, 0.5) is 5.69 Å². The first-order valence-electron chi connectivity index (χ1n) is 4.78. The second kappa shape index (κ2) is 5.14. The van der Waals surface area contributed by atoms with E-state index in [0.717, 1.165) is 24.1 Å². The first-order chi connectivity index (χ1) is 7.24. The van der Waals surface area contributed by atoms with Crippen LogP contribution in [-0.4, -0.2) is 18.6 Å². The third-order valence-corrected chi connectivity index (χ3v) is 2.62. The van der Waals surface area contributed by atoms with Gasteiger partial charge in [-0.1, -0.05) is 6.07 Å². The van der Waals surface area contributed by atoms with E-state index in [-0.39, 0.29) is 23.0 Å². The number of nitrogens with one attached hydrogen (secondary N) is 1. The van der Waals surface area contributed by atoms with Gasteiger partial charge in [0.05, 0.1) is 17.6 Å². The molecular formula is C10H13ClN2O3. The number of ether oxygens (including phenoxy) is 1. The fourth-order valence-corrected chi connectivity index (χ4v) is 1.89. The first kappa shape index (κ1) is 12.7. The van der Waals surface area contributed by atoms with Crippen molar-refractivity contribution in [3.05, 3.63) is 33.4 Å². The van der Waals surface area contributed by atoms with E-state index < -0.39 is 0 Å². The Morgan fingerprint density at radius 3 is 2.88 bits per heavy atom. The van der Waals surface area contributed by atoms with Crippen LogP contribution in [0.25, 0.3) is 0 Å². The summed E-state index contributed by atoms with van der Waals surface area (Å²) in [4.78, 5) is 10.6. The van der Waals surface area contributed by atoms with Gasteiger partial charge in [-0.15, -0.1) is 12.4 Å². The fraction of sp³-hybridized carbons (Fsp3) is 0.400. The summed E-state index contributed by atoms with van der Waals surface area (Å²) in [5.74, 6) is 0.336. The van der Waals surface area contributed by atoms with Crippen LogP contribution in [0, 0.1) is 10.1 Å². The molecule has 1 aromatic carbocycles. The van der Waals surface area contributed by atoms with Gasteiger partial charge in [0, 0.05) is 6.54 Å². The number of nitro benzene ring substituents is 1. The van der Waals surface area contributed by atoms with E-state index in [9.17, 15) is 10.1 Å². The minimum absolute atomic E-state index is 0. The molecule has 0 aromatic heterocycles. The number of halogens is 1. The average Bonchev–Trinajstić information content (AvgIpc) is 2.27. The van der Waals surface area contributed by atoms with Crippen molar-refractivity contribution in [1.29, 1.82) is 0 Å². The van der Waals surface area contributed by atoms with E-state index in [0.29, 0.717) is 12.3 Å². The van der Waals surface area contributed by atoms with Gasteiger partial charge in [0.25, 0.3) is 0 Å². The number of benzene rings is 1. The Morgan fingerprint density at radius 2 is 2.25 bits per heavy atom. The summed E-state index contributed by atoms with van der Waals surface area (Å²) in [5.41, 5.74) is 1.90. The van der Waals surface area contributed by atoms with Crippen molar-refractivity contribution in [1.82, 2.24) is 5.32 Å². The number of methoxy groups -OCH3 is 1. The fourth-order valence-electron chi connectivity index (χ4n) is 1.89. The zero-order valence-electron chi connectivity index (χ0n) is 8.86. The minimum atomic E-state index is -0.370. The topological polar surface area (TPSA) is 64.4 Å². The second-order valence-electron chi connectivity index (χ2n) is 3.44. The molecule has 0 unspecified atom stereocenters. The number of hydrogen-bond acceptors (Lipinski definition) is 4. The summed E-state index contributed by atoms with van der Waals surface area (Å²) in [7, 11) is 1.45. The maximum atomic E-state index is 11.0. The van der Waals surface area contributed by atoms with Crippen LogP contribution in [0.1, 0.15) is 11.1 Å². The van der Waals surface area contributed by atoms with E-state index >= 15 is 0 Å². The molecule has 0 saturated carbocycles. The lowest BCUT2D eigenvalue weighted by molar-refractivity contribution is -0.386. The zero-order chi connectivity index (χ0) is 10.8. The highest BCUT2D eigenvalue weighted by Crippen LogP contribution is 2.34. The van der Waals surface area contributed by atoms with Crippen LogP contribution in [-0.2, 0) is 13.0 Å². The van der Waals surface area contributed by atoms with Gasteiger partial charge in [-0.2, -0.15) is 0 Å². The summed E-state index contributed by atoms with van der Waals surface area (Å²) in [6, 6.07) is 3.57. The highest BCUT2D eigenvalue weighted by atomic mass is 35.5. The maximum Gasteiger partial charge on any atom is 0.315 e. The van der Waals surface area contributed by atoms with E-state index in [1.807, 2.05) is 6.07 Å². The van der Waals surface area contributed by atoms with Crippen LogP contribution in [0.5, 0.6) is 5.75 Å². The van der Waals surface area contributed by atoms with Gasteiger partial charge in [-0.05, 0) is 24.6 Å². The number of rotatable bonds is 2. The van der Waals surface area contributed by atoms with Crippen LogP contribution < -0.4 is 10.1 Å². The molecule has 2 rings (SSSR count). The third-order valence-electron chi connectivity index (χ3n) is 2.62. The number of nitro groups is 1. The molecule has 16 heavy (non-hydrogen) atoms. The Labute approximate surface area is 99.4 Å². The Balaban J connectivity index is 0.00000128. The highest BCUT2D eigenvalue weighted by Gasteiger charge is 2.25. The van der Waals surface area contributed by atoms with Gasteiger partial charge in [-0.3, -0.25) is 10.1 Å². The Hall–Kier alpha value is -1.33. The molecule has 0 bridgehead atoms. The molecule has 1 aliphatic heterocycles. The van der Waals surface area contributed by atoms with Crippen molar-refractivity contribution >= 4 is 18.1 Å². The molecule has 1 aliphatic rings. The molecule has 0 spiro atoms. The molecule has 0 fully saturated rings. The van der Waals surface area contributed by atoms with Crippen LogP contribution in [0.3, 0.4) is 0 Å². The molecular weight excluding hydrogens is 232 g/mol. The second-order valence-corrected chi connectivity index (χ2v) is 3.44. The van der Waals surface area contributed by atoms with Crippen molar-refractivity contribution in [2.75, 3.05) is 13.7 Å². The maximum absolute atomic E-state index is 11.0. The third kappa shape index (κ3) is 2.10. The van der Waals surface area contributed by atoms with E-state index in [1.54, 1.807) is 6.07 Å². The van der Waals surface area contributed by atoms with E-state index in [4.69, 9.17) is 4.74 Å². The van der Waals surface area contributed by atoms with Crippen molar-refractivity contribution in [3.8, 4) is 5.75 Å². The summed E-state index contributed by atoms with van der Waals surface area (Å²) in [6.07, 6.45) is 0.833. The van der Waals surface area contributed by atoms with Crippen LogP contribution in [0.2, 0.25) is 0 Å². The van der Waals surface area contributed by atoms with Crippen molar-refractivity contribution in [2.24, 2.45) is 0 Å². The standard InChI is InChI=1S/C10H12N2O3.ClH/c1-15-9-3-2-7-4-5-11-6-8(7)10(9)12(13)14;/h2-3,11H,4-6H2,1H3;1H. The monoisotopic (exact) mass is 244 g/mol. The molecule has 0 aliphatic carbocycles. The molecule has 6 heteroatoms. The number of fused-ring (bicyclic) bond motifs is 1. The summed E-state index contributed by atoms with van der Waals surface area (Å²) in [5, 5.41) is 14.1. The molecule has 1 N–H and O–H groups in total. The van der Waals surface area contributed by atoms with Crippen LogP contribution in [0.15, 0.2) is 12.1 Å². The predicted molar refractivity (Wildman–Crippen MR) is 62.3 cm³/mol. The van der Waals surface area contributed by atoms with Gasteiger partial charge in [0.1, 0.15) is 0 Å². The average molecular weight is 245 g/mol. The Kier molecular flexibility index (Phi) is 4.09. The van der Waals surface area contributed by atoms with Gasteiger partial charge >= 0.3 is 5.69 Å². The summed E-state index contributed by atoms with van der Waals surface area (Å²) in [6.45, 7) is 1.42. The van der Waals surface area contributed by atoms with Crippen molar-refractivity contribution in [3.63, 3.8) is 0 Å². The largest absolute Gasteiger partial charge is 0.490 e. The number of nitrogens with zero attached hydrogens (tertiary/aromatic N) is 1. The lowest BCUT2D eigenvalue weighted by Gasteiger charge is -2.17. The predicted octanol–water partition coefficient (Wildman–Crippen LogP) is 1.67. The molecule has 1 heterocycles.